The lowest BCUT2D eigenvalue weighted by atomic mass is 9.86. The minimum Gasteiger partial charge on any atom is -0.303 e. The van der Waals surface area contributed by atoms with Crippen molar-refractivity contribution in [1.29, 1.82) is 0 Å². The molecule has 0 saturated heterocycles. The van der Waals surface area contributed by atoms with Crippen molar-refractivity contribution in [3.8, 4) is 0 Å². The molecule has 1 rings (SSSR count). The van der Waals surface area contributed by atoms with Gasteiger partial charge in [0.05, 0.1) is 0 Å². The van der Waals surface area contributed by atoms with Crippen LogP contribution in [0.2, 0.25) is 0 Å². The molecule has 0 spiro atoms. The summed E-state index contributed by atoms with van der Waals surface area (Å²) in [7, 11) is 0. The van der Waals surface area contributed by atoms with Crippen molar-refractivity contribution >= 4 is 6.29 Å². The van der Waals surface area contributed by atoms with Crippen LogP contribution in [0.25, 0.3) is 0 Å². The predicted molar refractivity (Wildman–Crippen MR) is 55.6 cm³/mol. The Balaban J connectivity index is 2.38. The maximum absolute atomic E-state index is 10.2. The summed E-state index contributed by atoms with van der Waals surface area (Å²) in [4.78, 5) is 10.2. The number of hydrogen-bond acceptors (Lipinski definition) is 1. The number of aldehydes is 1. The third-order valence-corrected chi connectivity index (χ3v) is 2.79. The van der Waals surface area contributed by atoms with E-state index in [1.54, 1.807) is 0 Å². The van der Waals surface area contributed by atoms with Crippen molar-refractivity contribution < 1.29 is 4.79 Å². The number of rotatable bonds is 5. The molecule has 0 saturated carbocycles. The molecule has 0 aromatic carbocycles. The molecule has 13 heavy (non-hydrogen) atoms. The molecule has 1 aliphatic rings. The number of hydrogen-bond donors (Lipinski definition) is 0. The molecule has 0 N–H and O–H groups in total. The molecule has 0 fully saturated rings. The zero-order chi connectivity index (χ0) is 9.52. The largest absolute Gasteiger partial charge is 0.303 e. The van der Waals surface area contributed by atoms with Crippen LogP contribution in [0, 0.1) is 5.92 Å². The number of carbonyl (C=O) groups excluding carboxylic acids is 1. The highest BCUT2D eigenvalue weighted by molar-refractivity contribution is 5.49. The van der Waals surface area contributed by atoms with Gasteiger partial charge in [0, 0.05) is 6.42 Å². The molecule has 0 bridgehead atoms. The van der Waals surface area contributed by atoms with E-state index in [4.69, 9.17) is 0 Å². The van der Waals surface area contributed by atoms with E-state index in [-0.39, 0.29) is 0 Å². The second kappa shape index (κ2) is 5.95. The van der Waals surface area contributed by atoms with Crippen LogP contribution in [0.4, 0.5) is 0 Å². The lowest BCUT2D eigenvalue weighted by molar-refractivity contribution is -0.107. The van der Waals surface area contributed by atoms with E-state index in [0.29, 0.717) is 6.42 Å². The molecular formula is C12H20O. The molecule has 1 nitrogen and oxygen atoms in total. The van der Waals surface area contributed by atoms with Gasteiger partial charge in [0.1, 0.15) is 6.29 Å². The lowest BCUT2D eigenvalue weighted by Gasteiger charge is -2.20. The quantitative estimate of drug-likeness (QED) is 0.467. The minimum absolute atomic E-state index is 0.713. The molecule has 74 valence electrons. The molecule has 1 heteroatoms. The molecular weight excluding hydrogens is 160 g/mol. The summed E-state index contributed by atoms with van der Waals surface area (Å²) in [6, 6.07) is 0. The van der Waals surface area contributed by atoms with Crippen LogP contribution < -0.4 is 0 Å². The summed E-state index contributed by atoms with van der Waals surface area (Å²) in [5.41, 5.74) is 1.52. The van der Waals surface area contributed by atoms with Crippen molar-refractivity contribution in [3.63, 3.8) is 0 Å². The monoisotopic (exact) mass is 180 g/mol. The van der Waals surface area contributed by atoms with E-state index >= 15 is 0 Å². The summed E-state index contributed by atoms with van der Waals surface area (Å²) in [6.45, 7) is 2.24. The molecule has 1 aliphatic carbocycles. The van der Waals surface area contributed by atoms with Gasteiger partial charge in [-0.15, -0.1) is 0 Å². The van der Waals surface area contributed by atoms with E-state index in [9.17, 15) is 4.79 Å². The molecule has 0 aromatic heterocycles. The van der Waals surface area contributed by atoms with Crippen molar-refractivity contribution in [1.82, 2.24) is 0 Å². The van der Waals surface area contributed by atoms with Gasteiger partial charge in [-0.1, -0.05) is 25.0 Å². The highest BCUT2D eigenvalue weighted by atomic mass is 16.1. The molecule has 0 aromatic rings. The van der Waals surface area contributed by atoms with Crippen molar-refractivity contribution in [2.45, 2.75) is 51.9 Å². The van der Waals surface area contributed by atoms with Crippen LogP contribution in [0.1, 0.15) is 51.9 Å². The molecule has 0 radical (unpaired) electrons. The van der Waals surface area contributed by atoms with Crippen LogP contribution in [-0.4, -0.2) is 6.29 Å². The summed E-state index contributed by atoms with van der Waals surface area (Å²) in [6.07, 6.45) is 11.7. The van der Waals surface area contributed by atoms with Gasteiger partial charge >= 0.3 is 0 Å². The van der Waals surface area contributed by atoms with Crippen molar-refractivity contribution in [3.05, 3.63) is 11.6 Å². The van der Waals surface area contributed by atoms with Gasteiger partial charge in [0.2, 0.25) is 0 Å². The Hall–Kier alpha value is -0.590. The SMILES string of the molecule is CCCC1C=C(CCC=O)CCC1. The lowest BCUT2D eigenvalue weighted by Crippen LogP contribution is -2.04. The van der Waals surface area contributed by atoms with E-state index in [1.807, 2.05) is 0 Å². The standard InChI is InChI=1S/C12H20O/c1-2-5-11-6-3-7-12(10-11)8-4-9-13/h9-11H,2-8H2,1H3. The predicted octanol–water partition coefficient (Wildman–Crippen LogP) is 3.49. The number of allylic oxidation sites excluding steroid dienone is 2. The van der Waals surface area contributed by atoms with Crippen LogP contribution >= 0.6 is 0 Å². The Morgan fingerprint density at radius 2 is 2.46 bits per heavy atom. The Kier molecular flexibility index (Phi) is 4.81. The van der Waals surface area contributed by atoms with E-state index in [0.717, 1.165) is 18.6 Å². The van der Waals surface area contributed by atoms with Gasteiger partial charge in [-0.2, -0.15) is 0 Å². The fourth-order valence-electron chi connectivity index (χ4n) is 2.14. The maximum atomic E-state index is 10.2. The summed E-state index contributed by atoms with van der Waals surface area (Å²) < 4.78 is 0. The Labute approximate surface area is 81.2 Å². The van der Waals surface area contributed by atoms with Gasteiger partial charge in [-0.3, -0.25) is 0 Å². The van der Waals surface area contributed by atoms with Gasteiger partial charge in [0.25, 0.3) is 0 Å². The van der Waals surface area contributed by atoms with Gasteiger partial charge in [-0.05, 0) is 38.0 Å². The van der Waals surface area contributed by atoms with Crippen molar-refractivity contribution in [2.75, 3.05) is 0 Å². The van der Waals surface area contributed by atoms with Crippen LogP contribution in [-0.2, 0) is 4.79 Å². The zero-order valence-corrected chi connectivity index (χ0v) is 8.59. The smallest absolute Gasteiger partial charge is 0.120 e. The molecule has 1 atom stereocenters. The first-order valence-corrected chi connectivity index (χ1v) is 5.50. The zero-order valence-electron chi connectivity index (χ0n) is 8.59. The normalized spacial score (nSPS) is 22.5. The molecule has 0 heterocycles. The van der Waals surface area contributed by atoms with Crippen LogP contribution in [0.5, 0.6) is 0 Å². The van der Waals surface area contributed by atoms with Crippen LogP contribution in [0.3, 0.4) is 0 Å². The second-order valence-electron chi connectivity index (χ2n) is 3.97. The fourth-order valence-corrected chi connectivity index (χ4v) is 2.14. The molecule has 0 amide bonds. The number of carbonyl (C=O) groups is 1. The topological polar surface area (TPSA) is 17.1 Å². The third-order valence-electron chi connectivity index (χ3n) is 2.79. The highest BCUT2D eigenvalue weighted by Gasteiger charge is 2.11. The fraction of sp³-hybridized carbons (Fsp3) is 0.750. The second-order valence-corrected chi connectivity index (χ2v) is 3.97. The summed E-state index contributed by atoms with van der Waals surface area (Å²) in [5.74, 6) is 0.806. The van der Waals surface area contributed by atoms with E-state index in [1.165, 1.54) is 37.7 Å². The van der Waals surface area contributed by atoms with Gasteiger partial charge in [0.15, 0.2) is 0 Å². The van der Waals surface area contributed by atoms with E-state index in [2.05, 4.69) is 13.0 Å². The Morgan fingerprint density at radius 3 is 3.15 bits per heavy atom. The van der Waals surface area contributed by atoms with Crippen LogP contribution in [0.15, 0.2) is 11.6 Å². The van der Waals surface area contributed by atoms with E-state index < -0.39 is 0 Å². The minimum atomic E-state index is 0.713. The first-order valence-electron chi connectivity index (χ1n) is 5.50. The van der Waals surface area contributed by atoms with Gasteiger partial charge in [-0.25, -0.2) is 0 Å². The first-order chi connectivity index (χ1) is 6.36. The molecule has 0 aliphatic heterocycles. The Bertz CT molecular complexity index is 182. The third kappa shape index (κ3) is 3.75. The summed E-state index contributed by atoms with van der Waals surface area (Å²) >= 11 is 0. The first kappa shape index (κ1) is 10.5. The van der Waals surface area contributed by atoms with Gasteiger partial charge < -0.3 is 4.79 Å². The average Bonchev–Trinajstić information content (AvgIpc) is 2.16. The summed E-state index contributed by atoms with van der Waals surface area (Å²) in [5, 5.41) is 0. The van der Waals surface area contributed by atoms with Crippen molar-refractivity contribution in [2.24, 2.45) is 5.92 Å². The maximum Gasteiger partial charge on any atom is 0.120 e. The molecule has 1 unspecified atom stereocenters. The Morgan fingerprint density at radius 1 is 1.62 bits per heavy atom. The highest BCUT2D eigenvalue weighted by Crippen LogP contribution is 2.28. The average molecular weight is 180 g/mol.